The summed E-state index contributed by atoms with van der Waals surface area (Å²) < 4.78 is 96.1. The number of hydrogen-bond donors (Lipinski definition) is 0. The molecular weight excluding hydrogens is 931 g/mol. The first-order valence-electron chi connectivity index (χ1n) is 22.0. The number of nitriles is 2. The fraction of sp³-hybridized carbons (Fsp3) is 0.0345. The molecule has 13 rings (SSSR count). The SMILES string of the molecule is N#Cc1c(-c2cccc3c2sc2ccccc23)c(-n2c3ccccc3c3ccc(C(F)(F)F)cc32)c(C#N)c(-c2cccc3c2sc2ccccc23)c1-n1c2ccccc2c2ccc(C(F)(F)F)cc21. The summed E-state index contributed by atoms with van der Waals surface area (Å²) >= 11 is 2.94. The number of fused-ring (bicyclic) bond motifs is 12. The highest BCUT2D eigenvalue weighted by Crippen LogP contribution is 2.53. The van der Waals surface area contributed by atoms with Crippen LogP contribution in [0.4, 0.5) is 26.3 Å². The number of rotatable bonds is 4. The van der Waals surface area contributed by atoms with Gasteiger partial charge in [-0.1, -0.05) is 121 Å². The van der Waals surface area contributed by atoms with E-state index in [-0.39, 0.29) is 44.7 Å². The molecule has 0 saturated heterocycles. The van der Waals surface area contributed by atoms with Crippen molar-refractivity contribution in [2.24, 2.45) is 0 Å². The van der Waals surface area contributed by atoms with Crippen LogP contribution >= 0.6 is 22.7 Å². The Morgan fingerprint density at radius 3 is 1.13 bits per heavy atom. The van der Waals surface area contributed by atoms with Gasteiger partial charge in [-0.15, -0.1) is 22.7 Å². The number of para-hydroxylation sites is 2. The van der Waals surface area contributed by atoms with E-state index in [1.165, 1.54) is 34.8 Å². The Bertz CT molecular complexity index is 4210. The molecule has 13 aromatic rings. The van der Waals surface area contributed by atoms with Crippen molar-refractivity contribution >= 4 is 107 Å². The van der Waals surface area contributed by atoms with Gasteiger partial charge in [-0.2, -0.15) is 36.9 Å². The van der Waals surface area contributed by atoms with E-state index in [1.54, 1.807) is 45.5 Å². The number of halogens is 6. The summed E-state index contributed by atoms with van der Waals surface area (Å²) in [5.74, 6) is 0. The van der Waals surface area contributed by atoms with Crippen LogP contribution in [-0.4, -0.2) is 9.13 Å². The van der Waals surface area contributed by atoms with Crippen molar-refractivity contribution in [3.8, 4) is 45.8 Å². The van der Waals surface area contributed by atoms with Crippen molar-refractivity contribution in [1.82, 2.24) is 9.13 Å². The largest absolute Gasteiger partial charge is 0.416 e. The van der Waals surface area contributed by atoms with E-state index < -0.39 is 23.5 Å². The molecule has 334 valence electrons. The molecule has 0 aliphatic rings. The van der Waals surface area contributed by atoms with Gasteiger partial charge in [0, 0.05) is 84.1 Å². The second kappa shape index (κ2) is 15.0. The summed E-state index contributed by atoms with van der Waals surface area (Å²) in [5, 5.41) is 30.1. The molecule has 0 aliphatic heterocycles. The van der Waals surface area contributed by atoms with E-state index in [9.17, 15) is 36.9 Å². The molecule has 0 aliphatic carbocycles. The monoisotopic (exact) mass is 958 g/mol. The summed E-state index contributed by atoms with van der Waals surface area (Å²) in [7, 11) is 0. The summed E-state index contributed by atoms with van der Waals surface area (Å²) in [5.41, 5.74) is 1.25. The molecule has 0 radical (unpaired) electrons. The minimum atomic E-state index is -4.74. The molecule has 9 aromatic carbocycles. The lowest BCUT2D eigenvalue weighted by molar-refractivity contribution is -0.138. The first-order valence-corrected chi connectivity index (χ1v) is 23.6. The number of hydrogen-bond acceptors (Lipinski definition) is 4. The van der Waals surface area contributed by atoms with Crippen molar-refractivity contribution in [2.45, 2.75) is 12.4 Å². The summed E-state index contributed by atoms with van der Waals surface area (Å²) in [6.45, 7) is 0. The second-order valence-corrected chi connectivity index (χ2v) is 19.3. The maximum absolute atomic E-state index is 14.9. The molecule has 4 aromatic heterocycles. The van der Waals surface area contributed by atoms with Crippen LogP contribution in [0.2, 0.25) is 0 Å². The van der Waals surface area contributed by atoms with Gasteiger partial charge in [-0.25, -0.2) is 0 Å². The normalized spacial score (nSPS) is 12.4. The van der Waals surface area contributed by atoms with Gasteiger partial charge in [-0.05, 0) is 48.5 Å². The topological polar surface area (TPSA) is 57.4 Å². The summed E-state index contributed by atoms with van der Waals surface area (Å²) in [6.07, 6.45) is -9.48. The standard InChI is InChI=1S/C58H28F6N4S2/c59-57(60,61)31-23-25-35-33-11-1-5-19-45(33)67(47(35)27-31)53-43(29-65)52(42-18-10-16-40-38-14-4-8-22-50(38)70-56(40)42)54(68-46-20-6-2-12-34(46)36-26-24-32(28-48(36)68)58(62,63)64)44(30-66)51(53)41-17-9-15-39-37-13-3-7-21-49(37)69-55(39)41/h1-28H. The predicted octanol–water partition coefficient (Wildman–Crippen LogP) is 17.7. The average molecular weight is 959 g/mol. The fourth-order valence-corrected chi connectivity index (χ4v) is 13.0. The highest BCUT2D eigenvalue weighted by molar-refractivity contribution is 7.26. The van der Waals surface area contributed by atoms with Gasteiger partial charge in [0.15, 0.2) is 0 Å². The third-order valence-corrected chi connectivity index (χ3v) is 15.9. The molecule has 0 atom stereocenters. The Morgan fingerprint density at radius 1 is 0.371 bits per heavy atom. The zero-order valence-corrected chi connectivity index (χ0v) is 37.7. The molecule has 0 N–H and O–H groups in total. The van der Waals surface area contributed by atoms with Crippen LogP contribution in [0.5, 0.6) is 0 Å². The second-order valence-electron chi connectivity index (χ2n) is 17.1. The molecule has 0 unspecified atom stereocenters. The zero-order valence-electron chi connectivity index (χ0n) is 36.0. The van der Waals surface area contributed by atoms with Crippen molar-refractivity contribution in [3.63, 3.8) is 0 Å². The van der Waals surface area contributed by atoms with E-state index in [2.05, 4.69) is 12.1 Å². The van der Waals surface area contributed by atoms with E-state index in [0.29, 0.717) is 43.7 Å². The average Bonchev–Trinajstić information content (AvgIpc) is 4.12. The van der Waals surface area contributed by atoms with E-state index in [4.69, 9.17) is 0 Å². The van der Waals surface area contributed by atoms with Gasteiger partial charge in [0.05, 0.1) is 55.7 Å². The van der Waals surface area contributed by atoms with E-state index in [0.717, 1.165) is 64.6 Å². The van der Waals surface area contributed by atoms with Crippen LogP contribution in [0, 0.1) is 22.7 Å². The molecule has 0 amide bonds. The molecular formula is C58H28F6N4S2. The van der Waals surface area contributed by atoms with Gasteiger partial charge >= 0.3 is 12.4 Å². The minimum Gasteiger partial charge on any atom is -0.307 e. The van der Waals surface area contributed by atoms with E-state index >= 15 is 0 Å². The summed E-state index contributed by atoms with van der Waals surface area (Å²) in [4.78, 5) is 0. The number of nitrogens with zero attached hydrogens (tertiary/aromatic N) is 4. The number of alkyl halides is 6. The Kier molecular flexibility index (Phi) is 8.97. The molecule has 0 saturated carbocycles. The highest BCUT2D eigenvalue weighted by Gasteiger charge is 2.36. The number of aromatic nitrogens is 2. The van der Waals surface area contributed by atoms with Crippen LogP contribution in [0.1, 0.15) is 22.3 Å². The first-order chi connectivity index (χ1) is 33.9. The Hall–Kier alpha value is -8.42. The third-order valence-electron chi connectivity index (χ3n) is 13.5. The fourth-order valence-electron chi connectivity index (χ4n) is 10.6. The number of benzene rings is 9. The van der Waals surface area contributed by atoms with Gasteiger partial charge < -0.3 is 9.13 Å². The quantitative estimate of drug-likeness (QED) is 0.165. The molecule has 12 heteroatoms. The Balaban J connectivity index is 1.34. The molecule has 0 spiro atoms. The third kappa shape index (κ3) is 5.94. The van der Waals surface area contributed by atoms with Gasteiger partial charge in [0.1, 0.15) is 12.1 Å². The molecule has 4 nitrogen and oxygen atoms in total. The minimum absolute atomic E-state index is 0.00467. The lowest BCUT2D eigenvalue weighted by Crippen LogP contribution is -2.12. The Labute approximate surface area is 400 Å². The van der Waals surface area contributed by atoms with Crippen LogP contribution in [0.3, 0.4) is 0 Å². The Morgan fingerprint density at radius 2 is 0.729 bits per heavy atom. The van der Waals surface area contributed by atoms with Crippen molar-refractivity contribution in [1.29, 1.82) is 10.5 Å². The molecule has 0 bridgehead atoms. The maximum Gasteiger partial charge on any atom is 0.416 e. The van der Waals surface area contributed by atoms with Crippen molar-refractivity contribution < 1.29 is 26.3 Å². The predicted molar refractivity (Wildman–Crippen MR) is 271 cm³/mol. The van der Waals surface area contributed by atoms with Crippen molar-refractivity contribution in [2.75, 3.05) is 0 Å². The van der Waals surface area contributed by atoms with E-state index in [1.807, 2.05) is 97.1 Å². The van der Waals surface area contributed by atoms with Crippen molar-refractivity contribution in [3.05, 3.63) is 192 Å². The van der Waals surface area contributed by atoms with Gasteiger partial charge in [0.25, 0.3) is 0 Å². The van der Waals surface area contributed by atoms with Gasteiger partial charge in [-0.3, -0.25) is 0 Å². The molecule has 70 heavy (non-hydrogen) atoms. The summed E-state index contributed by atoms with van der Waals surface area (Å²) in [6, 6.07) is 53.5. The zero-order chi connectivity index (χ0) is 47.8. The maximum atomic E-state index is 14.9. The number of thiophene rings is 2. The van der Waals surface area contributed by atoms with Crippen LogP contribution in [0.25, 0.3) is 118 Å². The first kappa shape index (κ1) is 41.7. The smallest absolute Gasteiger partial charge is 0.307 e. The van der Waals surface area contributed by atoms with Crippen LogP contribution in [-0.2, 0) is 12.4 Å². The lowest BCUT2D eigenvalue weighted by Gasteiger charge is -2.26. The van der Waals surface area contributed by atoms with Crippen LogP contribution < -0.4 is 0 Å². The lowest BCUT2D eigenvalue weighted by atomic mass is 9.85. The molecule has 4 heterocycles. The molecule has 0 fully saturated rings. The van der Waals surface area contributed by atoms with Crippen LogP contribution in [0.15, 0.2) is 170 Å². The van der Waals surface area contributed by atoms with Gasteiger partial charge in [0.2, 0.25) is 0 Å². The highest BCUT2D eigenvalue weighted by atomic mass is 32.1.